The molecular weight excluding hydrogens is 422 g/mol. The van der Waals surface area contributed by atoms with Crippen LogP contribution in [-0.2, 0) is 11.8 Å². The predicted molar refractivity (Wildman–Crippen MR) is 128 cm³/mol. The van der Waals surface area contributed by atoms with Crippen molar-refractivity contribution in [3.63, 3.8) is 0 Å². The molecule has 1 aromatic heterocycles. The number of nitrogens with zero attached hydrogens (tertiary/aromatic N) is 3. The highest BCUT2D eigenvalue weighted by atomic mass is 32.2. The van der Waals surface area contributed by atoms with Crippen LogP contribution in [0.1, 0.15) is 47.2 Å². The van der Waals surface area contributed by atoms with Gasteiger partial charge in [-0.25, -0.2) is 0 Å². The second-order valence-corrected chi connectivity index (χ2v) is 9.11. The van der Waals surface area contributed by atoms with Gasteiger partial charge in [0.15, 0.2) is 11.0 Å². The molecule has 0 saturated heterocycles. The number of benzene rings is 2. The third-order valence-corrected chi connectivity index (χ3v) is 6.03. The highest BCUT2D eigenvalue weighted by Crippen LogP contribution is 2.24. The molecule has 0 aliphatic rings. The summed E-state index contributed by atoms with van der Waals surface area (Å²) in [5.41, 5.74) is 3.49. The van der Waals surface area contributed by atoms with Gasteiger partial charge in [-0.1, -0.05) is 55.4 Å². The van der Waals surface area contributed by atoms with Gasteiger partial charge in [0.25, 0.3) is 5.91 Å². The molecule has 0 saturated carbocycles. The Morgan fingerprint density at radius 2 is 1.72 bits per heavy atom. The van der Waals surface area contributed by atoms with Gasteiger partial charge in [-0.3, -0.25) is 9.59 Å². The zero-order valence-corrected chi connectivity index (χ0v) is 19.9. The number of rotatable bonds is 8. The molecule has 0 fully saturated rings. The highest BCUT2D eigenvalue weighted by molar-refractivity contribution is 7.99. The predicted octanol–water partition coefficient (Wildman–Crippen LogP) is 4.29. The summed E-state index contributed by atoms with van der Waals surface area (Å²) in [5.74, 6) is 0.708. The van der Waals surface area contributed by atoms with Crippen LogP contribution in [0.2, 0.25) is 0 Å². The van der Waals surface area contributed by atoms with Crippen LogP contribution in [0.15, 0.2) is 53.7 Å². The van der Waals surface area contributed by atoms with E-state index in [-0.39, 0.29) is 29.5 Å². The van der Waals surface area contributed by atoms with Crippen molar-refractivity contribution in [2.24, 2.45) is 13.0 Å². The number of aryl methyl sites for hydroxylation is 2. The quantitative estimate of drug-likeness (QED) is 0.499. The number of hydrogen-bond acceptors (Lipinski definition) is 5. The van der Waals surface area contributed by atoms with E-state index < -0.39 is 0 Å². The first-order chi connectivity index (χ1) is 15.2. The summed E-state index contributed by atoms with van der Waals surface area (Å²) < 4.78 is 1.84. The molecule has 0 spiro atoms. The molecule has 0 bridgehead atoms. The standard InChI is InChI=1S/C24H29N5O2S/c1-15(2)21(26-23(31)18-10-6-8-16(3)12-18)22-27-28-24(29(22)5)32-14-20(30)25-19-11-7-9-17(4)13-19/h6-13,15,21H,14H2,1-5H3,(H,25,30)(H,26,31)/t21-/m1/s1. The molecule has 32 heavy (non-hydrogen) atoms. The molecule has 0 aliphatic carbocycles. The second kappa shape index (κ2) is 10.5. The molecular formula is C24H29N5O2S. The summed E-state index contributed by atoms with van der Waals surface area (Å²) in [5, 5.41) is 15.2. The number of amides is 2. The second-order valence-electron chi connectivity index (χ2n) is 8.17. The van der Waals surface area contributed by atoms with Crippen molar-refractivity contribution in [1.29, 1.82) is 0 Å². The van der Waals surface area contributed by atoms with E-state index >= 15 is 0 Å². The van der Waals surface area contributed by atoms with Crippen molar-refractivity contribution in [3.05, 3.63) is 71.0 Å². The largest absolute Gasteiger partial charge is 0.342 e. The molecule has 0 aliphatic heterocycles. The minimum absolute atomic E-state index is 0.106. The molecule has 7 nitrogen and oxygen atoms in total. The van der Waals surface area contributed by atoms with E-state index in [2.05, 4.69) is 20.8 Å². The molecule has 1 heterocycles. The lowest BCUT2D eigenvalue weighted by Crippen LogP contribution is -2.33. The average molecular weight is 452 g/mol. The van der Waals surface area contributed by atoms with Crippen LogP contribution in [0.3, 0.4) is 0 Å². The smallest absolute Gasteiger partial charge is 0.251 e. The molecule has 2 N–H and O–H groups in total. The molecule has 1 atom stereocenters. The summed E-state index contributed by atoms with van der Waals surface area (Å²) in [6, 6.07) is 14.8. The normalized spacial score (nSPS) is 11.9. The van der Waals surface area contributed by atoms with Gasteiger partial charge < -0.3 is 15.2 Å². The van der Waals surface area contributed by atoms with Crippen molar-refractivity contribution in [1.82, 2.24) is 20.1 Å². The van der Waals surface area contributed by atoms with E-state index in [9.17, 15) is 9.59 Å². The molecule has 0 radical (unpaired) electrons. The molecule has 2 aromatic carbocycles. The van der Waals surface area contributed by atoms with Crippen LogP contribution in [0, 0.1) is 19.8 Å². The Morgan fingerprint density at radius 3 is 2.38 bits per heavy atom. The molecule has 3 aromatic rings. The molecule has 3 rings (SSSR count). The van der Waals surface area contributed by atoms with Gasteiger partial charge in [0, 0.05) is 18.3 Å². The zero-order chi connectivity index (χ0) is 23.3. The monoisotopic (exact) mass is 451 g/mol. The van der Waals surface area contributed by atoms with Crippen LogP contribution in [0.5, 0.6) is 0 Å². The fraction of sp³-hybridized carbons (Fsp3) is 0.333. The Bertz CT molecular complexity index is 1110. The van der Waals surface area contributed by atoms with E-state index in [0.29, 0.717) is 16.5 Å². The van der Waals surface area contributed by atoms with Gasteiger partial charge in [-0.05, 0) is 49.6 Å². The summed E-state index contributed by atoms with van der Waals surface area (Å²) in [6.07, 6.45) is 0. The van der Waals surface area contributed by atoms with Gasteiger partial charge in [-0.2, -0.15) is 0 Å². The lowest BCUT2D eigenvalue weighted by Gasteiger charge is -2.21. The van der Waals surface area contributed by atoms with Crippen molar-refractivity contribution in [3.8, 4) is 0 Å². The lowest BCUT2D eigenvalue weighted by atomic mass is 10.0. The van der Waals surface area contributed by atoms with Crippen molar-refractivity contribution >= 4 is 29.3 Å². The number of hydrogen-bond donors (Lipinski definition) is 2. The van der Waals surface area contributed by atoms with E-state index in [1.807, 2.05) is 81.8 Å². The maximum absolute atomic E-state index is 12.8. The van der Waals surface area contributed by atoms with E-state index in [4.69, 9.17) is 0 Å². The Morgan fingerprint density at radius 1 is 1.03 bits per heavy atom. The summed E-state index contributed by atoms with van der Waals surface area (Å²) >= 11 is 1.31. The first-order valence-electron chi connectivity index (χ1n) is 10.5. The number of carbonyl (C=O) groups is 2. The summed E-state index contributed by atoms with van der Waals surface area (Å²) in [4.78, 5) is 25.1. The van der Waals surface area contributed by atoms with Crippen LogP contribution in [-0.4, -0.2) is 32.3 Å². The minimum atomic E-state index is -0.309. The zero-order valence-electron chi connectivity index (χ0n) is 19.0. The Labute approximate surface area is 193 Å². The number of carbonyl (C=O) groups excluding carboxylic acids is 2. The number of nitrogens with one attached hydrogen (secondary N) is 2. The third kappa shape index (κ3) is 5.97. The Balaban J connectivity index is 1.67. The number of anilines is 1. The van der Waals surface area contributed by atoms with Gasteiger partial charge in [0.1, 0.15) is 0 Å². The highest BCUT2D eigenvalue weighted by Gasteiger charge is 2.25. The van der Waals surface area contributed by atoms with Gasteiger partial charge >= 0.3 is 0 Å². The number of aromatic nitrogens is 3. The SMILES string of the molecule is Cc1cccc(NC(=O)CSc2nnc([C@H](NC(=O)c3cccc(C)c3)C(C)C)n2C)c1. The van der Waals surface area contributed by atoms with Crippen LogP contribution < -0.4 is 10.6 Å². The van der Waals surface area contributed by atoms with Gasteiger partial charge in [-0.15, -0.1) is 10.2 Å². The van der Waals surface area contributed by atoms with Gasteiger partial charge in [0.05, 0.1) is 11.8 Å². The van der Waals surface area contributed by atoms with Crippen molar-refractivity contribution in [2.75, 3.05) is 11.1 Å². The fourth-order valence-corrected chi connectivity index (χ4v) is 4.03. The van der Waals surface area contributed by atoms with Crippen molar-refractivity contribution in [2.45, 2.75) is 38.9 Å². The van der Waals surface area contributed by atoms with Gasteiger partial charge in [0.2, 0.25) is 5.91 Å². The Hall–Kier alpha value is -3.13. The maximum Gasteiger partial charge on any atom is 0.251 e. The molecule has 0 unspecified atom stereocenters. The lowest BCUT2D eigenvalue weighted by molar-refractivity contribution is -0.113. The first kappa shape index (κ1) is 23.5. The molecule has 8 heteroatoms. The van der Waals surface area contributed by atoms with E-state index in [1.54, 1.807) is 6.07 Å². The summed E-state index contributed by atoms with van der Waals surface area (Å²) in [7, 11) is 1.85. The number of thioether (sulfide) groups is 1. The molecule has 168 valence electrons. The van der Waals surface area contributed by atoms with Crippen LogP contribution >= 0.6 is 11.8 Å². The van der Waals surface area contributed by atoms with E-state index in [1.165, 1.54) is 11.8 Å². The topological polar surface area (TPSA) is 88.9 Å². The molecule has 2 amide bonds. The average Bonchev–Trinajstić information content (AvgIpc) is 3.10. The first-order valence-corrected chi connectivity index (χ1v) is 11.5. The Kier molecular flexibility index (Phi) is 7.69. The van der Waals surface area contributed by atoms with Crippen molar-refractivity contribution < 1.29 is 9.59 Å². The maximum atomic E-state index is 12.8. The van der Waals surface area contributed by atoms with Crippen LogP contribution in [0.25, 0.3) is 0 Å². The summed E-state index contributed by atoms with van der Waals surface area (Å²) in [6.45, 7) is 7.99. The minimum Gasteiger partial charge on any atom is -0.342 e. The fourth-order valence-electron chi connectivity index (χ4n) is 3.31. The van der Waals surface area contributed by atoms with Crippen LogP contribution in [0.4, 0.5) is 5.69 Å². The van der Waals surface area contributed by atoms with E-state index in [0.717, 1.165) is 16.8 Å². The third-order valence-electron chi connectivity index (χ3n) is 5.01.